The largest absolute Gasteiger partial charge is 0.490 e. The van der Waals surface area contributed by atoms with Crippen molar-refractivity contribution >= 4 is 22.5 Å². The highest BCUT2D eigenvalue weighted by Gasteiger charge is 2.15. The van der Waals surface area contributed by atoms with E-state index in [1.165, 1.54) is 12.8 Å². The lowest BCUT2D eigenvalue weighted by Crippen LogP contribution is -2.28. The molecule has 1 aromatic carbocycles. The minimum Gasteiger partial charge on any atom is -0.490 e. The molecule has 1 N–H and O–H groups in total. The van der Waals surface area contributed by atoms with Gasteiger partial charge in [0.15, 0.2) is 0 Å². The maximum Gasteiger partial charge on any atom is 0.145 e. The Hall–Kier alpha value is -1.32. The van der Waals surface area contributed by atoms with Gasteiger partial charge in [0.1, 0.15) is 17.9 Å². The molecule has 3 rings (SSSR count). The molecule has 2 aromatic rings. The number of aromatic nitrogens is 1. The molecule has 1 aliphatic rings. The molecule has 0 bridgehead atoms. The number of halogens is 1. The summed E-state index contributed by atoms with van der Waals surface area (Å²) in [5.74, 6) is 0.809. The van der Waals surface area contributed by atoms with Crippen LogP contribution in [0.3, 0.4) is 0 Å². The summed E-state index contributed by atoms with van der Waals surface area (Å²) in [6.45, 7) is 1.78. The van der Waals surface area contributed by atoms with Crippen molar-refractivity contribution < 1.29 is 4.74 Å². The highest BCUT2D eigenvalue weighted by molar-refractivity contribution is 6.35. The third-order valence-corrected chi connectivity index (χ3v) is 3.61. The molecule has 2 heterocycles. The van der Waals surface area contributed by atoms with Crippen molar-refractivity contribution in [2.45, 2.75) is 18.9 Å². The zero-order valence-electron chi connectivity index (χ0n) is 10.0. The topological polar surface area (TPSA) is 34.1 Å². The van der Waals surface area contributed by atoms with E-state index in [4.69, 9.17) is 16.3 Å². The Balaban J connectivity index is 1.85. The standard InChI is InChI=1S/C14H15ClN2O/c15-12-5-6-13(14-11(12)4-2-8-17-14)18-9-10-3-1-7-16-10/h2,4-6,8,10,16H,1,3,7,9H2/t10-/m0/s1. The second kappa shape index (κ2) is 5.12. The minimum atomic E-state index is 0.458. The van der Waals surface area contributed by atoms with E-state index in [1.807, 2.05) is 24.3 Å². The van der Waals surface area contributed by atoms with E-state index in [2.05, 4.69) is 10.3 Å². The van der Waals surface area contributed by atoms with Crippen molar-refractivity contribution in [2.24, 2.45) is 0 Å². The maximum absolute atomic E-state index is 6.15. The van der Waals surface area contributed by atoms with Crippen molar-refractivity contribution in [2.75, 3.05) is 13.2 Å². The molecule has 18 heavy (non-hydrogen) atoms. The van der Waals surface area contributed by atoms with Crippen LogP contribution in [0, 0.1) is 0 Å². The van der Waals surface area contributed by atoms with E-state index >= 15 is 0 Å². The van der Waals surface area contributed by atoms with E-state index in [1.54, 1.807) is 6.20 Å². The van der Waals surface area contributed by atoms with Crippen molar-refractivity contribution in [1.82, 2.24) is 10.3 Å². The van der Waals surface area contributed by atoms with Gasteiger partial charge in [0, 0.05) is 17.6 Å². The molecule has 1 atom stereocenters. The first-order valence-electron chi connectivity index (χ1n) is 6.24. The van der Waals surface area contributed by atoms with Crippen LogP contribution in [0.5, 0.6) is 5.75 Å². The van der Waals surface area contributed by atoms with Crippen LogP contribution in [0.4, 0.5) is 0 Å². The zero-order valence-corrected chi connectivity index (χ0v) is 10.8. The Morgan fingerprint density at radius 2 is 2.33 bits per heavy atom. The van der Waals surface area contributed by atoms with Gasteiger partial charge in [-0.25, -0.2) is 0 Å². The fraction of sp³-hybridized carbons (Fsp3) is 0.357. The number of nitrogens with one attached hydrogen (secondary N) is 1. The van der Waals surface area contributed by atoms with Gasteiger partial charge in [0.25, 0.3) is 0 Å². The summed E-state index contributed by atoms with van der Waals surface area (Å²) >= 11 is 6.15. The quantitative estimate of drug-likeness (QED) is 0.923. The smallest absolute Gasteiger partial charge is 0.145 e. The van der Waals surface area contributed by atoms with Gasteiger partial charge in [-0.15, -0.1) is 0 Å². The summed E-state index contributed by atoms with van der Waals surface area (Å²) in [6, 6.07) is 8.07. The monoisotopic (exact) mass is 262 g/mol. The second-order valence-corrected chi connectivity index (χ2v) is 4.96. The second-order valence-electron chi connectivity index (χ2n) is 4.55. The van der Waals surface area contributed by atoms with Gasteiger partial charge in [0.2, 0.25) is 0 Å². The fourth-order valence-corrected chi connectivity index (χ4v) is 2.53. The van der Waals surface area contributed by atoms with Crippen LogP contribution in [0.1, 0.15) is 12.8 Å². The summed E-state index contributed by atoms with van der Waals surface area (Å²) < 4.78 is 5.87. The average Bonchev–Trinajstić information content (AvgIpc) is 2.92. The number of hydrogen-bond donors (Lipinski definition) is 1. The zero-order chi connectivity index (χ0) is 12.4. The molecule has 1 saturated heterocycles. The molecule has 0 saturated carbocycles. The Bertz CT molecular complexity index is 552. The molecule has 0 unspecified atom stereocenters. The number of hydrogen-bond acceptors (Lipinski definition) is 3. The predicted octanol–water partition coefficient (Wildman–Crippen LogP) is 3.02. The summed E-state index contributed by atoms with van der Waals surface area (Å²) in [7, 11) is 0. The van der Waals surface area contributed by atoms with Crippen molar-refractivity contribution in [1.29, 1.82) is 0 Å². The van der Waals surface area contributed by atoms with Crippen molar-refractivity contribution in [3.05, 3.63) is 35.5 Å². The third kappa shape index (κ3) is 2.28. The molecule has 4 heteroatoms. The van der Waals surface area contributed by atoms with E-state index in [-0.39, 0.29) is 0 Å². The Morgan fingerprint density at radius 3 is 3.17 bits per heavy atom. The van der Waals surface area contributed by atoms with Crippen LogP contribution in [-0.2, 0) is 0 Å². The van der Waals surface area contributed by atoms with E-state index in [9.17, 15) is 0 Å². The molecular weight excluding hydrogens is 248 g/mol. The van der Waals surface area contributed by atoms with Crippen LogP contribution < -0.4 is 10.1 Å². The van der Waals surface area contributed by atoms with Crippen LogP contribution in [-0.4, -0.2) is 24.2 Å². The molecule has 1 aliphatic heterocycles. The Morgan fingerprint density at radius 1 is 1.39 bits per heavy atom. The Labute approximate surface area is 111 Å². The van der Waals surface area contributed by atoms with Gasteiger partial charge in [-0.05, 0) is 43.7 Å². The molecule has 1 fully saturated rings. The summed E-state index contributed by atoms with van der Waals surface area (Å²) in [6.07, 6.45) is 4.17. The number of benzene rings is 1. The number of fused-ring (bicyclic) bond motifs is 1. The van der Waals surface area contributed by atoms with Crippen LogP contribution in [0.25, 0.3) is 10.9 Å². The first-order valence-corrected chi connectivity index (χ1v) is 6.62. The minimum absolute atomic E-state index is 0.458. The Kier molecular flexibility index (Phi) is 3.35. The molecule has 0 aliphatic carbocycles. The number of pyridine rings is 1. The third-order valence-electron chi connectivity index (χ3n) is 3.28. The predicted molar refractivity (Wildman–Crippen MR) is 73.3 cm³/mol. The molecule has 3 nitrogen and oxygen atoms in total. The summed E-state index contributed by atoms with van der Waals surface area (Å²) in [5.41, 5.74) is 0.836. The average molecular weight is 263 g/mol. The molecule has 0 spiro atoms. The number of rotatable bonds is 3. The van der Waals surface area contributed by atoms with Gasteiger partial charge < -0.3 is 10.1 Å². The molecular formula is C14H15ClN2O. The summed E-state index contributed by atoms with van der Waals surface area (Å²) in [5, 5.41) is 5.07. The van der Waals surface area contributed by atoms with Crippen LogP contribution >= 0.6 is 11.6 Å². The first kappa shape index (κ1) is 11.8. The van der Waals surface area contributed by atoms with Gasteiger partial charge in [0.05, 0.1) is 5.02 Å². The lowest BCUT2D eigenvalue weighted by molar-refractivity contribution is 0.280. The molecule has 0 radical (unpaired) electrons. The molecule has 94 valence electrons. The lowest BCUT2D eigenvalue weighted by Gasteiger charge is -2.13. The SMILES string of the molecule is Clc1ccc(OC[C@@H]2CCCN2)c2ncccc12. The van der Waals surface area contributed by atoms with E-state index in [0.717, 1.165) is 23.2 Å². The van der Waals surface area contributed by atoms with Gasteiger partial charge >= 0.3 is 0 Å². The van der Waals surface area contributed by atoms with E-state index < -0.39 is 0 Å². The lowest BCUT2D eigenvalue weighted by atomic mass is 10.2. The van der Waals surface area contributed by atoms with Gasteiger partial charge in [-0.3, -0.25) is 4.98 Å². The fourth-order valence-electron chi connectivity index (χ4n) is 2.32. The summed E-state index contributed by atoms with van der Waals surface area (Å²) in [4.78, 5) is 4.36. The normalized spacial score (nSPS) is 19.3. The van der Waals surface area contributed by atoms with Crippen molar-refractivity contribution in [3.8, 4) is 5.75 Å². The highest BCUT2D eigenvalue weighted by atomic mass is 35.5. The number of ether oxygens (including phenoxy) is 1. The molecule has 1 aromatic heterocycles. The molecule has 0 amide bonds. The van der Waals surface area contributed by atoms with Gasteiger partial charge in [-0.2, -0.15) is 0 Å². The first-order chi connectivity index (χ1) is 8.84. The van der Waals surface area contributed by atoms with Crippen LogP contribution in [0.15, 0.2) is 30.5 Å². The van der Waals surface area contributed by atoms with Crippen LogP contribution in [0.2, 0.25) is 5.02 Å². The number of nitrogens with zero attached hydrogens (tertiary/aromatic N) is 1. The van der Waals surface area contributed by atoms with Gasteiger partial charge in [-0.1, -0.05) is 11.6 Å². The maximum atomic E-state index is 6.15. The highest BCUT2D eigenvalue weighted by Crippen LogP contribution is 2.29. The van der Waals surface area contributed by atoms with Crippen molar-refractivity contribution in [3.63, 3.8) is 0 Å². The van der Waals surface area contributed by atoms with E-state index in [0.29, 0.717) is 17.7 Å².